The quantitative estimate of drug-likeness (QED) is 0.778. The second-order valence-electron chi connectivity index (χ2n) is 6.63. The minimum Gasteiger partial charge on any atom is -0.475 e. The number of hydrogen-bond donors (Lipinski definition) is 3. The van der Waals surface area contributed by atoms with Crippen LogP contribution in [-0.4, -0.2) is 23.7 Å². The van der Waals surface area contributed by atoms with Crippen LogP contribution in [0.4, 0.5) is 4.79 Å². The molecule has 1 aromatic rings. The van der Waals surface area contributed by atoms with Crippen molar-refractivity contribution in [3.8, 4) is 0 Å². The highest BCUT2D eigenvalue weighted by Gasteiger charge is 2.64. The molecule has 6 nitrogen and oxygen atoms in total. The predicted molar refractivity (Wildman–Crippen MR) is 77.0 cm³/mol. The third kappa shape index (κ3) is 2.89. The van der Waals surface area contributed by atoms with Gasteiger partial charge in [-0.15, -0.1) is 0 Å². The Morgan fingerprint density at radius 1 is 1.19 bits per heavy atom. The van der Waals surface area contributed by atoms with Crippen LogP contribution in [-0.2, 0) is 6.54 Å². The van der Waals surface area contributed by atoms with E-state index in [0.29, 0.717) is 18.2 Å². The number of nitrogens with one attached hydrogen (secondary N) is 2. The number of urea groups is 1. The fourth-order valence-electron chi connectivity index (χ4n) is 2.86. The Morgan fingerprint density at radius 2 is 1.81 bits per heavy atom. The van der Waals surface area contributed by atoms with Gasteiger partial charge in [0, 0.05) is 6.54 Å². The van der Waals surface area contributed by atoms with E-state index < -0.39 is 5.97 Å². The number of hydrogen-bond acceptors (Lipinski definition) is 3. The zero-order chi connectivity index (χ0) is 15.8. The maximum atomic E-state index is 11.7. The van der Waals surface area contributed by atoms with Gasteiger partial charge in [-0.1, -0.05) is 27.7 Å². The van der Waals surface area contributed by atoms with Crippen LogP contribution < -0.4 is 10.6 Å². The monoisotopic (exact) mass is 294 g/mol. The second kappa shape index (κ2) is 5.09. The van der Waals surface area contributed by atoms with E-state index in [9.17, 15) is 9.59 Å². The first kappa shape index (κ1) is 15.4. The fraction of sp³-hybridized carbons (Fsp3) is 0.600. The summed E-state index contributed by atoms with van der Waals surface area (Å²) in [6, 6.07) is 2.63. The van der Waals surface area contributed by atoms with Gasteiger partial charge in [-0.25, -0.2) is 9.59 Å². The summed E-state index contributed by atoms with van der Waals surface area (Å²) in [5.74, 6) is -0.384. The lowest BCUT2D eigenvalue weighted by molar-refractivity contribution is 0.0660. The third-order valence-electron chi connectivity index (χ3n) is 5.08. The number of amides is 2. The van der Waals surface area contributed by atoms with Crippen LogP contribution in [0.25, 0.3) is 0 Å². The van der Waals surface area contributed by atoms with Gasteiger partial charge in [-0.3, -0.25) is 0 Å². The van der Waals surface area contributed by atoms with Crippen LogP contribution in [0.1, 0.15) is 44.0 Å². The second-order valence-corrected chi connectivity index (χ2v) is 6.63. The van der Waals surface area contributed by atoms with Gasteiger partial charge in [-0.05, 0) is 28.9 Å². The molecule has 21 heavy (non-hydrogen) atoms. The highest BCUT2D eigenvalue weighted by Crippen LogP contribution is 2.67. The zero-order valence-electron chi connectivity index (χ0n) is 12.8. The van der Waals surface area contributed by atoms with E-state index in [-0.39, 0.29) is 29.2 Å². The van der Waals surface area contributed by atoms with Crippen molar-refractivity contribution in [3.05, 3.63) is 23.7 Å². The maximum absolute atomic E-state index is 11.7. The van der Waals surface area contributed by atoms with Crippen molar-refractivity contribution in [3.63, 3.8) is 0 Å². The molecule has 0 saturated heterocycles. The number of carbonyl (C=O) groups excluding carboxylic acids is 1. The Bertz CT molecular complexity index is 546. The molecule has 1 aromatic heterocycles. The van der Waals surface area contributed by atoms with Gasteiger partial charge in [0.25, 0.3) is 0 Å². The molecule has 2 amide bonds. The van der Waals surface area contributed by atoms with E-state index in [1.54, 1.807) is 0 Å². The van der Waals surface area contributed by atoms with E-state index in [2.05, 4.69) is 38.3 Å². The highest BCUT2D eigenvalue weighted by molar-refractivity contribution is 5.84. The summed E-state index contributed by atoms with van der Waals surface area (Å²) >= 11 is 0. The Hall–Kier alpha value is -1.98. The molecular weight excluding hydrogens is 272 g/mol. The van der Waals surface area contributed by atoms with Gasteiger partial charge in [0.2, 0.25) is 5.76 Å². The average molecular weight is 294 g/mol. The Labute approximate surface area is 123 Å². The summed E-state index contributed by atoms with van der Waals surface area (Å²) in [5.41, 5.74) is 0.468. The normalized spacial score (nSPS) is 19.0. The molecule has 1 fully saturated rings. The summed E-state index contributed by atoms with van der Waals surface area (Å²) in [4.78, 5) is 22.4. The number of aromatic carboxylic acids is 1. The van der Waals surface area contributed by atoms with Crippen LogP contribution in [0.5, 0.6) is 0 Å². The van der Waals surface area contributed by atoms with E-state index in [1.807, 2.05) is 0 Å². The Balaban J connectivity index is 1.74. The lowest BCUT2D eigenvalue weighted by Crippen LogP contribution is -2.36. The first-order valence-electron chi connectivity index (χ1n) is 7.00. The Morgan fingerprint density at radius 3 is 2.29 bits per heavy atom. The van der Waals surface area contributed by atoms with E-state index in [1.165, 1.54) is 12.1 Å². The first-order chi connectivity index (χ1) is 9.66. The lowest BCUT2D eigenvalue weighted by atomic mass is 10.0. The van der Waals surface area contributed by atoms with Crippen molar-refractivity contribution >= 4 is 12.0 Å². The molecule has 2 rings (SSSR count). The van der Waals surface area contributed by atoms with E-state index >= 15 is 0 Å². The number of carboxylic acid groups (broad SMARTS) is 1. The molecule has 0 aromatic carbocycles. The van der Waals surface area contributed by atoms with Gasteiger partial charge < -0.3 is 20.2 Å². The van der Waals surface area contributed by atoms with Gasteiger partial charge in [0.1, 0.15) is 5.76 Å². The molecule has 0 bridgehead atoms. The highest BCUT2D eigenvalue weighted by atomic mass is 16.4. The SMILES string of the molecule is CC1(C)C(CNC(=O)NCc2ccc(C(=O)O)o2)C1(C)C. The topological polar surface area (TPSA) is 91.6 Å². The van der Waals surface area contributed by atoms with Crippen LogP contribution in [0, 0.1) is 16.7 Å². The molecule has 0 unspecified atom stereocenters. The van der Waals surface area contributed by atoms with Crippen molar-refractivity contribution in [2.24, 2.45) is 16.7 Å². The summed E-state index contributed by atoms with van der Waals surface area (Å²) in [5, 5.41) is 14.2. The van der Waals surface area contributed by atoms with Crippen molar-refractivity contribution in [1.29, 1.82) is 0 Å². The van der Waals surface area contributed by atoms with Crippen molar-refractivity contribution < 1.29 is 19.1 Å². The standard InChI is InChI=1S/C15H22N2O4/c1-14(2)11(15(14,3)4)8-17-13(20)16-7-9-5-6-10(21-9)12(18)19/h5-6,11H,7-8H2,1-4H3,(H,18,19)(H2,16,17,20). The largest absolute Gasteiger partial charge is 0.475 e. The van der Waals surface area contributed by atoms with Crippen molar-refractivity contribution in [2.75, 3.05) is 6.54 Å². The summed E-state index contributed by atoms with van der Waals surface area (Å²) in [6.07, 6.45) is 0. The summed E-state index contributed by atoms with van der Waals surface area (Å²) < 4.78 is 5.06. The van der Waals surface area contributed by atoms with Crippen LogP contribution >= 0.6 is 0 Å². The molecule has 0 spiro atoms. The number of carboxylic acids is 1. The molecule has 3 N–H and O–H groups in total. The van der Waals surface area contributed by atoms with E-state index in [0.717, 1.165) is 0 Å². The molecule has 0 aliphatic heterocycles. The number of furan rings is 1. The molecule has 1 aliphatic carbocycles. The Kier molecular flexibility index (Phi) is 3.74. The molecule has 116 valence electrons. The minimum atomic E-state index is -1.12. The van der Waals surface area contributed by atoms with Gasteiger partial charge >= 0.3 is 12.0 Å². The van der Waals surface area contributed by atoms with Gasteiger partial charge in [0.05, 0.1) is 6.54 Å². The average Bonchev–Trinajstić information content (AvgIpc) is 2.75. The van der Waals surface area contributed by atoms with Gasteiger partial charge in [-0.2, -0.15) is 0 Å². The smallest absolute Gasteiger partial charge is 0.371 e. The molecule has 1 saturated carbocycles. The minimum absolute atomic E-state index is 0.131. The molecule has 0 radical (unpaired) electrons. The van der Waals surface area contributed by atoms with E-state index in [4.69, 9.17) is 9.52 Å². The number of rotatable bonds is 5. The molecule has 0 atom stereocenters. The summed E-state index contributed by atoms with van der Waals surface area (Å²) in [6.45, 7) is 9.60. The lowest BCUT2D eigenvalue weighted by Gasteiger charge is -2.07. The fourth-order valence-corrected chi connectivity index (χ4v) is 2.86. The molecule has 6 heteroatoms. The van der Waals surface area contributed by atoms with Gasteiger partial charge in [0.15, 0.2) is 0 Å². The van der Waals surface area contributed by atoms with Crippen molar-refractivity contribution in [2.45, 2.75) is 34.2 Å². The molecule has 1 heterocycles. The molecular formula is C15H22N2O4. The zero-order valence-corrected chi connectivity index (χ0v) is 12.8. The summed E-state index contributed by atoms with van der Waals surface area (Å²) in [7, 11) is 0. The number of carbonyl (C=O) groups is 2. The molecule has 1 aliphatic rings. The first-order valence-corrected chi connectivity index (χ1v) is 7.00. The van der Waals surface area contributed by atoms with Crippen LogP contribution in [0.15, 0.2) is 16.5 Å². The third-order valence-corrected chi connectivity index (χ3v) is 5.08. The van der Waals surface area contributed by atoms with Crippen LogP contribution in [0.3, 0.4) is 0 Å². The van der Waals surface area contributed by atoms with Crippen molar-refractivity contribution in [1.82, 2.24) is 10.6 Å². The predicted octanol–water partition coefficient (Wildman–Crippen LogP) is 2.46. The maximum Gasteiger partial charge on any atom is 0.371 e. The van der Waals surface area contributed by atoms with Crippen LogP contribution in [0.2, 0.25) is 0 Å².